The minimum absolute atomic E-state index is 0.125. The summed E-state index contributed by atoms with van der Waals surface area (Å²) in [6.07, 6.45) is 1.52. The summed E-state index contributed by atoms with van der Waals surface area (Å²) in [6.45, 7) is 5.50. The van der Waals surface area contributed by atoms with Crippen LogP contribution in [0.2, 0.25) is 0 Å². The number of piperazine rings is 1. The maximum Gasteiger partial charge on any atom is 0.266 e. The van der Waals surface area contributed by atoms with Crippen molar-refractivity contribution in [1.29, 1.82) is 0 Å². The third kappa shape index (κ3) is 3.52. The SMILES string of the molecule is CC(=O)N1CCN(Cc2ccc(C(=O)NN)cn2)CC1. The molecule has 1 saturated heterocycles. The van der Waals surface area contributed by atoms with Gasteiger partial charge in [0, 0.05) is 45.8 Å². The van der Waals surface area contributed by atoms with Gasteiger partial charge in [0.25, 0.3) is 5.91 Å². The number of aromatic nitrogens is 1. The first-order valence-corrected chi connectivity index (χ1v) is 6.54. The van der Waals surface area contributed by atoms with Crippen molar-refractivity contribution in [3.05, 3.63) is 29.6 Å². The molecule has 7 heteroatoms. The molecule has 108 valence electrons. The molecule has 0 bridgehead atoms. The molecule has 7 nitrogen and oxygen atoms in total. The highest BCUT2D eigenvalue weighted by molar-refractivity contribution is 5.93. The maximum atomic E-state index is 11.3. The number of nitrogen functional groups attached to an aromatic ring is 1. The summed E-state index contributed by atoms with van der Waals surface area (Å²) in [5, 5.41) is 0. The van der Waals surface area contributed by atoms with Gasteiger partial charge in [0.15, 0.2) is 0 Å². The minimum atomic E-state index is -0.348. The van der Waals surface area contributed by atoms with Crippen LogP contribution in [0.4, 0.5) is 0 Å². The number of carbonyl (C=O) groups excluding carboxylic acids is 2. The predicted octanol–water partition coefficient (Wildman–Crippen LogP) is -0.651. The summed E-state index contributed by atoms with van der Waals surface area (Å²) < 4.78 is 0. The molecule has 2 amide bonds. The van der Waals surface area contributed by atoms with Gasteiger partial charge < -0.3 is 4.90 Å². The Morgan fingerprint density at radius 3 is 2.50 bits per heavy atom. The van der Waals surface area contributed by atoms with Gasteiger partial charge in [0.1, 0.15) is 0 Å². The molecule has 0 aromatic carbocycles. The van der Waals surface area contributed by atoms with E-state index in [0.717, 1.165) is 38.4 Å². The second-order valence-corrected chi connectivity index (χ2v) is 4.79. The first-order valence-electron chi connectivity index (χ1n) is 6.54. The third-order valence-electron chi connectivity index (χ3n) is 3.42. The molecule has 0 unspecified atom stereocenters. The van der Waals surface area contributed by atoms with Crippen LogP contribution < -0.4 is 11.3 Å². The molecule has 1 aromatic heterocycles. The highest BCUT2D eigenvalue weighted by atomic mass is 16.2. The molecule has 20 heavy (non-hydrogen) atoms. The minimum Gasteiger partial charge on any atom is -0.340 e. The second kappa shape index (κ2) is 6.44. The van der Waals surface area contributed by atoms with Gasteiger partial charge in [0.05, 0.1) is 11.3 Å². The van der Waals surface area contributed by atoms with Crippen molar-refractivity contribution in [3.8, 4) is 0 Å². The van der Waals surface area contributed by atoms with Crippen molar-refractivity contribution in [2.24, 2.45) is 5.84 Å². The number of nitrogens with zero attached hydrogens (tertiary/aromatic N) is 3. The zero-order valence-electron chi connectivity index (χ0n) is 11.5. The quantitative estimate of drug-likeness (QED) is 0.435. The molecule has 0 aliphatic carbocycles. The van der Waals surface area contributed by atoms with Gasteiger partial charge in [-0.15, -0.1) is 0 Å². The number of hydrazine groups is 1. The van der Waals surface area contributed by atoms with Gasteiger partial charge in [-0.3, -0.25) is 24.9 Å². The molecular formula is C13H19N5O2. The van der Waals surface area contributed by atoms with E-state index in [1.807, 2.05) is 11.0 Å². The van der Waals surface area contributed by atoms with Crippen LogP contribution in [0.5, 0.6) is 0 Å². The molecule has 1 aliphatic heterocycles. The van der Waals surface area contributed by atoms with E-state index in [1.165, 1.54) is 6.20 Å². The molecule has 1 aliphatic rings. The normalized spacial score (nSPS) is 16.0. The summed E-state index contributed by atoms with van der Waals surface area (Å²) in [4.78, 5) is 30.9. The predicted molar refractivity (Wildman–Crippen MR) is 73.4 cm³/mol. The Morgan fingerprint density at radius 1 is 1.30 bits per heavy atom. The molecule has 2 rings (SSSR count). The Hall–Kier alpha value is -1.99. The van der Waals surface area contributed by atoms with Crippen LogP contribution in [0.15, 0.2) is 18.3 Å². The van der Waals surface area contributed by atoms with Crippen LogP contribution in [0.3, 0.4) is 0 Å². The lowest BCUT2D eigenvalue weighted by Crippen LogP contribution is -2.47. The summed E-state index contributed by atoms with van der Waals surface area (Å²) >= 11 is 0. The summed E-state index contributed by atoms with van der Waals surface area (Å²) in [5.41, 5.74) is 3.41. The van der Waals surface area contributed by atoms with Gasteiger partial charge in [-0.05, 0) is 12.1 Å². The Bertz CT molecular complexity index is 480. The average Bonchev–Trinajstić information content (AvgIpc) is 2.48. The zero-order chi connectivity index (χ0) is 14.5. The maximum absolute atomic E-state index is 11.3. The number of amides is 2. The van der Waals surface area contributed by atoms with Crippen molar-refractivity contribution >= 4 is 11.8 Å². The molecule has 1 fully saturated rings. The smallest absolute Gasteiger partial charge is 0.266 e. The first kappa shape index (κ1) is 14.4. The van der Waals surface area contributed by atoms with Crippen LogP contribution in [0.1, 0.15) is 23.0 Å². The third-order valence-corrected chi connectivity index (χ3v) is 3.42. The molecule has 0 saturated carbocycles. The van der Waals surface area contributed by atoms with Crippen molar-refractivity contribution in [3.63, 3.8) is 0 Å². The standard InChI is InChI=1S/C13H19N5O2/c1-10(19)18-6-4-17(5-7-18)9-12-3-2-11(8-15-12)13(20)16-14/h2-3,8H,4-7,9,14H2,1H3,(H,16,20). The van der Waals surface area contributed by atoms with Gasteiger partial charge >= 0.3 is 0 Å². The molecule has 2 heterocycles. The van der Waals surface area contributed by atoms with E-state index >= 15 is 0 Å². The van der Waals surface area contributed by atoms with Crippen molar-refractivity contribution < 1.29 is 9.59 Å². The Morgan fingerprint density at radius 2 is 2.00 bits per heavy atom. The number of carbonyl (C=O) groups is 2. The number of nitrogens with one attached hydrogen (secondary N) is 1. The van der Waals surface area contributed by atoms with Gasteiger partial charge in [-0.25, -0.2) is 5.84 Å². The van der Waals surface area contributed by atoms with Gasteiger partial charge in [-0.2, -0.15) is 0 Å². The van der Waals surface area contributed by atoms with E-state index in [4.69, 9.17) is 5.84 Å². The van der Waals surface area contributed by atoms with Gasteiger partial charge in [-0.1, -0.05) is 0 Å². The number of nitrogens with two attached hydrogens (primary N) is 1. The van der Waals surface area contributed by atoms with E-state index in [1.54, 1.807) is 13.0 Å². The lowest BCUT2D eigenvalue weighted by molar-refractivity contribution is -0.130. The average molecular weight is 277 g/mol. The monoisotopic (exact) mass is 277 g/mol. The lowest BCUT2D eigenvalue weighted by atomic mass is 10.2. The topological polar surface area (TPSA) is 91.6 Å². The van der Waals surface area contributed by atoms with Crippen LogP contribution in [0.25, 0.3) is 0 Å². The molecule has 0 radical (unpaired) electrons. The molecule has 0 atom stereocenters. The fourth-order valence-corrected chi connectivity index (χ4v) is 2.19. The zero-order valence-corrected chi connectivity index (χ0v) is 11.5. The number of hydrogen-bond acceptors (Lipinski definition) is 5. The van der Waals surface area contributed by atoms with Crippen LogP contribution in [0, 0.1) is 0 Å². The first-order chi connectivity index (χ1) is 9.60. The fourth-order valence-electron chi connectivity index (χ4n) is 2.19. The van der Waals surface area contributed by atoms with Crippen LogP contribution in [-0.4, -0.2) is 52.8 Å². The van der Waals surface area contributed by atoms with Gasteiger partial charge in [0.2, 0.25) is 5.91 Å². The Balaban J connectivity index is 1.88. The van der Waals surface area contributed by atoms with Crippen LogP contribution >= 0.6 is 0 Å². The fraction of sp³-hybridized carbons (Fsp3) is 0.462. The molecular weight excluding hydrogens is 258 g/mol. The lowest BCUT2D eigenvalue weighted by Gasteiger charge is -2.33. The largest absolute Gasteiger partial charge is 0.340 e. The van der Waals surface area contributed by atoms with E-state index in [9.17, 15) is 9.59 Å². The number of hydrogen-bond donors (Lipinski definition) is 2. The summed E-state index contributed by atoms with van der Waals surface area (Å²) in [6, 6.07) is 3.53. The second-order valence-electron chi connectivity index (χ2n) is 4.79. The van der Waals surface area contributed by atoms with Crippen LogP contribution in [-0.2, 0) is 11.3 Å². The number of pyridine rings is 1. The Labute approximate surface area is 117 Å². The van der Waals surface area contributed by atoms with E-state index in [-0.39, 0.29) is 11.8 Å². The van der Waals surface area contributed by atoms with Crippen molar-refractivity contribution in [2.75, 3.05) is 26.2 Å². The Kier molecular flexibility index (Phi) is 4.65. The van der Waals surface area contributed by atoms with E-state index in [0.29, 0.717) is 5.56 Å². The van der Waals surface area contributed by atoms with Crippen molar-refractivity contribution in [1.82, 2.24) is 20.2 Å². The van der Waals surface area contributed by atoms with Crippen molar-refractivity contribution in [2.45, 2.75) is 13.5 Å². The molecule has 0 spiro atoms. The summed E-state index contributed by atoms with van der Waals surface area (Å²) in [5.74, 6) is 4.84. The molecule has 1 aromatic rings. The van der Waals surface area contributed by atoms with E-state index < -0.39 is 0 Å². The summed E-state index contributed by atoms with van der Waals surface area (Å²) in [7, 11) is 0. The highest BCUT2D eigenvalue weighted by Crippen LogP contribution is 2.08. The molecule has 3 N–H and O–H groups in total. The number of rotatable bonds is 3. The highest BCUT2D eigenvalue weighted by Gasteiger charge is 2.18. The van der Waals surface area contributed by atoms with E-state index in [2.05, 4.69) is 15.3 Å².